The zero-order valence-electron chi connectivity index (χ0n) is 11.6. The Labute approximate surface area is 110 Å². The van der Waals surface area contributed by atoms with Gasteiger partial charge in [0.05, 0.1) is 6.54 Å². The van der Waals surface area contributed by atoms with E-state index in [0.29, 0.717) is 36.6 Å². The van der Waals surface area contributed by atoms with Crippen LogP contribution in [0, 0.1) is 0 Å². The van der Waals surface area contributed by atoms with E-state index in [1.807, 2.05) is 11.9 Å². The van der Waals surface area contributed by atoms with E-state index in [-0.39, 0.29) is 0 Å². The third kappa shape index (κ3) is 2.54. The molecule has 0 aromatic heterocycles. The summed E-state index contributed by atoms with van der Waals surface area (Å²) in [6.07, 6.45) is 7.48. The van der Waals surface area contributed by atoms with Crippen LogP contribution < -0.4 is 5.32 Å². The van der Waals surface area contributed by atoms with Gasteiger partial charge in [-0.05, 0) is 45.6 Å². The summed E-state index contributed by atoms with van der Waals surface area (Å²) in [6.45, 7) is 0.594. The molecule has 2 atom stereocenters. The second-order valence-electron chi connectivity index (χ2n) is 6.41. The molecule has 1 N–H and O–H groups in total. The molecule has 0 aromatic rings. The highest BCUT2D eigenvalue weighted by atomic mass is 16.2. The fourth-order valence-corrected chi connectivity index (χ4v) is 3.51. The average molecular weight is 251 g/mol. The van der Waals surface area contributed by atoms with Gasteiger partial charge in [-0.2, -0.15) is 0 Å². The zero-order valence-corrected chi connectivity index (χ0v) is 11.6. The van der Waals surface area contributed by atoms with Gasteiger partial charge in [0.25, 0.3) is 0 Å². The van der Waals surface area contributed by atoms with Crippen molar-refractivity contribution in [1.82, 2.24) is 15.1 Å². The predicted molar refractivity (Wildman–Crippen MR) is 71.4 cm³/mol. The molecule has 18 heavy (non-hydrogen) atoms. The Morgan fingerprint density at radius 2 is 1.67 bits per heavy atom. The highest BCUT2D eigenvalue weighted by Gasteiger charge is 2.36. The molecule has 4 heteroatoms. The van der Waals surface area contributed by atoms with Crippen LogP contribution in [0.4, 0.5) is 0 Å². The van der Waals surface area contributed by atoms with Gasteiger partial charge in [-0.15, -0.1) is 0 Å². The van der Waals surface area contributed by atoms with Gasteiger partial charge in [0.15, 0.2) is 0 Å². The van der Waals surface area contributed by atoms with Crippen LogP contribution in [0.25, 0.3) is 0 Å². The lowest BCUT2D eigenvalue weighted by molar-refractivity contribution is -0.132. The zero-order chi connectivity index (χ0) is 12.7. The summed E-state index contributed by atoms with van der Waals surface area (Å²) in [5.74, 6) is 0.297. The first kappa shape index (κ1) is 12.4. The molecule has 0 radical (unpaired) electrons. The van der Waals surface area contributed by atoms with Gasteiger partial charge in [-0.3, -0.25) is 9.69 Å². The lowest BCUT2D eigenvalue weighted by atomic mass is 9.98. The molecular formula is C14H25N3O. The van der Waals surface area contributed by atoms with Crippen LogP contribution in [-0.4, -0.2) is 60.5 Å². The summed E-state index contributed by atoms with van der Waals surface area (Å²) in [7, 11) is 4.08. The number of fused-ring (bicyclic) bond motifs is 2. The minimum Gasteiger partial charge on any atom is -0.342 e. The minimum atomic E-state index is 0.297. The highest BCUT2D eigenvalue weighted by Crippen LogP contribution is 2.29. The number of hydrogen-bond acceptors (Lipinski definition) is 3. The number of likely N-dealkylation sites (N-methyl/N-ethyl adjacent to an activating group) is 2. The summed E-state index contributed by atoms with van der Waals surface area (Å²) < 4.78 is 0. The Bertz CT molecular complexity index is 317. The first-order valence-corrected chi connectivity index (χ1v) is 7.35. The van der Waals surface area contributed by atoms with E-state index >= 15 is 0 Å². The number of rotatable bonds is 4. The number of piperidine rings is 1. The largest absolute Gasteiger partial charge is 0.342 e. The second-order valence-corrected chi connectivity index (χ2v) is 6.41. The van der Waals surface area contributed by atoms with Crippen LogP contribution in [0.5, 0.6) is 0 Å². The van der Waals surface area contributed by atoms with Gasteiger partial charge in [-0.1, -0.05) is 0 Å². The van der Waals surface area contributed by atoms with Crippen LogP contribution in [0.1, 0.15) is 38.5 Å². The Hall–Kier alpha value is -0.610. The molecule has 2 aliphatic heterocycles. The van der Waals surface area contributed by atoms with E-state index < -0.39 is 0 Å². The molecule has 0 aromatic carbocycles. The number of nitrogens with one attached hydrogen (secondary N) is 1. The van der Waals surface area contributed by atoms with Gasteiger partial charge in [0.2, 0.25) is 5.91 Å². The predicted octanol–water partition coefficient (Wildman–Crippen LogP) is 0.822. The number of hydrogen-bond donors (Lipinski definition) is 1. The number of carbonyl (C=O) groups is 1. The average Bonchev–Trinajstić information content (AvgIpc) is 3.14. The van der Waals surface area contributed by atoms with Crippen molar-refractivity contribution in [2.75, 3.05) is 20.6 Å². The standard InChI is InChI=1S/C14H25N3O/c1-16(9-14(18)17(2)12-5-6-12)13-7-10-3-4-11(8-13)15-10/h10-13,15H,3-9H2,1-2H3. The van der Waals surface area contributed by atoms with Gasteiger partial charge in [0.1, 0.15) is 0 Å². The third-order valence-electron chi connectivity index (χ3n) is 4.94. The Kier molecular flexibility index (Phi) is 3.32. The molecule has 3 rings (SSSR count). The summed E-state index contributed by atoms with van der Waals surface area (Å²) in [6, 6.07) is 2.54. The van der Waals surface area contributed by atoms with Crippen molar-refractivity contribution in [3.05, 3.63) is 0 Å². The fourth-order valence-electron chi connectivity index (χ4n) is 3.51. The van der Waals surface area contributed by atoms with Crippen molar-refractivity contribution in [3.8, 4) is 0 Å². The first-order valence-electron chi connectivity index (χ1n) is 7.35. The number of amides is 1. The molecule has 2 unspecified atom stereocenters. The highest BCUT2D eigenvalue weighted by molar-refractivity contribution is 5.78. The van der Waals surface area contributed by atoms with E-state index in [4.69, 9.17) is 0 Å². The molecule has 1 amide bonds. The Balaban J connectivity index is 1.51. The molecule has 1 saturated carbocycles. The first-order chi connectivity index (χ1) is 8.63. The summed E-state index contributed by atoms with van der Waals surface area (Å²) in [5, 5.41) is 3.66. The molecule has 3 fully saturated rings. The minimum absolute atomic E-state index is 0.297. The molecule has 102 valence electrons. The van der Waals surface area contributed by atoms with Crippen LogP contribution in [0.15, 0.2) is 0 Å². The third-order valence-corrected chi connectivity index (χ3v) is 4.94. The Morgan fingerprint density at radius 1 is 1.06 bits per heavy atom. The molecule has 2 saturated heterocycles. The van der Waals surface area contributed by atoms with Crippen molar-refractivity contribution >= 4 is 5.91 Å². The second kappa shape index (κ2) is 4.82. The van der Waals surface area contributed by atoms with Crippen LogP contribution in [0.2, 0.25) is 0 Å². The summed E-state index contributed by atoms with van der Waals surface area (Å²) in [5.41, 5.74) is 0. The van der Waals surface area contributed by atoms with E-state index in [2.05, 4.69) is 17.3 Å². The quantitative estimate of drug-likeness (QED) is 0.803. The van der Waals surface area contributed by atoms with Crippen molar-refractivity contribution in [1.29, 1.82) is 0 Å². The maximum atomic E-state index is 12.1. The normalized spacial score (nSPS) is 34.9. The van der Waals surface area contributed by atoms with Crippen LogP contribution in [0.3, 0.4) is 0 Å². The molecule has 2 bridgehead atoms. The van der Waals surface area contributed by atoms with Gasteiger partial charge >= 0.3 is 0 Å². The van der Waals surface area contributed by atoms with Crippen molar-refractivity contribution < 1.29 is 4.79 Å². The van der Waals surface area contributed by atoms with E-state index in [9.17, 15) is 4.79 Å². The topological polar surface area (TPSA) is 35.6 Å². The van der Waals surface area contributed by atoms with E-state index in [0.717, 1.165) is 0 Å². The molecule has 4 nitrogen and oxygen atoms in total. The maximum absolute atomic E-state index is 12.1. The van der Waals surface area contributed by atoms with Gasteiger partial charge in [-0.25, -0.2) is 0 Å². The van der Waals surface area contributed by atoms with Crippen molar-refractivity contribution in [2.45, 2.75) is 62.7 Å². The molecule has 0 spiro atoms. The van der Waals surface area contributed by atoms with Gasteiger partial charge in [0, 0.05) is 31.2 Å². The van der Waals surface area contributed by atoms with Crippen LogP contribution >= 0.6 is 0 Å². The smallest absolute Gasteiger partial charge is 0.236 e. The van der Waals surface area contributed by atoms with Crippen LogP contribution in [-0.2, 0) is 4.79 Å². The van der Waals surface area contributed by atoms with Crippen molar-refractivity contribution in [3.63, 3.8) is 0 Å². The molecule has 2 heterocycles. The molecule has 1 aliphatic carbocycles. The van der Waals surface area contributed by atoms with E-state index in [1.54, 1.807) is 0 Å². The van der Waals surface area contributed by atoms with Gasteiger partial charge < -0.3 is 10.2 Å². The number of carbonyl (C=O) groups excluding carboxylic acids is 1. The lowest BCUT2D eigenvalue weighted by Crippen LogP contribution is -2.49. The Morgan fingerprint density at radius 3 is 2.22 bits per heavy atom. The summed E-state index contributed by atoms with van der Waals surface area (Å²) >= 11 is 0. The SMILES string of the molecule is CN(CC(=O)N(C)C1CC1)C1CC2CCC(C1)N2. The molecular weight excluding hydrogens is 226 g/mol. The fraction of sp³-hybridized carbons (Fsp3) is 0.929. The number of nitrogens with zero attached hydrogens (tertiary/aromatic N) is 2. The van der Waals surface area contributed by atoms with Crippen molar-refractivity contribution in [2.24, 2.45) is 0 Å². The summed E-state index contributed by atoms with van der Waals surface area (Å²) in [4.78, 5) is 16.4. The maximum Gasteiger partial charge on any atom is 0.236 e. The lowest BCUT2D eigenvalue weighted by Gasteiger charge is -2.35. The molecule has 3 aliphatic rings. The van der Waals surface area contributed by atoms with E-state index in [1.165, 1.54) is 38.5 Å². The monoisotopic (exact) mass is 251 g/mol.